The van der Waals surface area contributed by atoms with E-state index in [4.69, 9.17) is 10.8 Å². The van der Waals surface area contributed by atoms with E-state index in [2.05, 4.69) is 5.32 Å². The molecular formula is C6H14N2O2. The third-order valence-corrected chi connectivity index (χ3v) is 1.12. The summed E-state index contributed by atoms with van der Waals surface area (Å²) < 4.78 is 0. The van der Waals surface area contributed by atoms with Crippen molar-refractivity contribution in [1.29, 1.82) is 0 Å². The van der Waals surface area contributed by atoms with Crippen molar-refractivity contribution < 1.29 is 9.90 Å². The van der Waals surface area contributed by atoms with Gasteiger partial charge in [-0.1, -0.05) is 0 Å². The second-order valence-corrected chi connectivity index (χ2v) is 2.24. The summed E-state index contributed by atoms with van der Waals surface area (Å²) >= 11 is 0. The largest absolute Gasteiger partial charge is 0.481 e. The maximum Gasteiger partial charge on any atom is 0.304 e. The number of carbonyl (C=O) groups is 1. The van der Waals surface area contributed by atoms with E-state index in [1.54, 1.807) is 0 Å². The highest BCUT2D eigenvalue weighted by Gasteiger charge is 2.04. The lowest BCUT2D eigenvalue weighted by Crippen LogP contribution is -2.32. The molecule has 10 heavy (non-hydrogen) atoms. The van der Waals surface area contributed by atoms with Crippen LogP contribution in [0.15, 0.2) is 0 Å². The average molecular weight is 146 g/mol. The number of nitrogens with two attached hydrogens (primary N) is 1. The molecule has 0 aromatic heterocycles. The van der Waals surface area contributed by atoms with Gasteiger partial charge < -0.3 is 16.2 Å². The highest BCUT2D eigenvalue weighted by atomic mass is 16.4. The Labute approximate surface area is 60.4 Å². The van der Waals surface area contributed by atoms with Gasteiger partial charge in [0.25, 0.3) is 0 Å². The van der Waals surface area contributed by atoms with E-state index in [0.717, 1.165) is 0 Å². The van der Waals surface area contributed by atoms with E-state index in [0.29, 0.717) is 13.1 Å². The van der Waals surface area contributed by atoms with Crippen LogP contribution in [0.5, 0.6) is 0 Å². The molecule has 4 nitrogen and oxygen atoms in total. The Balaban J connectivity index is 3.25. The zero-order valence-corrected chi connectivity index (χ0v) is 6.13. The molecule has 0 radical (unpaired) electrons. The van der Waals surface area contributed by atoms with Crippen LogP contribution >= 0.6 is 0 Å². The fourth-order valence-corrected chi connectivity index (χ4v) is 0.664. The maximum atomic E-state index is 10.1. The van der Waals surface area contributed by atoms with Crippen molar-refractivity contribution >= 4 is 5.97 Å². The zero-order chi connectivity index (χ0) is 7.98. The first-order chi connectivity index (χ1) is 4.66. The van der Waals surface area contributed by atoms with Gasteiger partial charge in [-0.3, -0.25) is 4.79 Å². The Morgan fingerprint density at radius 3 is 2.80 bits per heavy atom. The Hall–Kier alpha value is -0.610. The Morgan fingerprint density at radius 1 is 1.80 bits per heavy atom. The standard InChI is InChI=1S/C6H14N2O2/c1-5(4-6(9)10)8-3-2-7/h5,8H,2-4,7H2,1H3,(H,9,10). The lowest BCUT2D eigenvalue weighted by molar-refractivity contribution is -0.137. The molecule has 0 amide bonds. The summed E-state index contributed by atoms with van der Waals surface area (Å²) in [5, 5.41) is 11.3. The molecule has 0 aliphatic rings. The van der Waals surface area contributed by atoms with E-state index in [9.17, 15) is 4.79 Å². The molecule has 0 bridgehead atoms. The van der Waals surface area contributed by atoms with Gasteiger partial charge in [0.1, 0.15) is 0 Å². The number of rotatable bonds is 5. The van der Waals surface area contributed by atoms with Gasteiger partial charge in [0.05, 0.1) is 6.42 Å². The smallest absolute Gasteiger partial charge is 0.304 e. The van der Waals surface area contributed by atoms with E-state index >= 15 is 0 Å². The van der Waals surface area contributed by atoms with Gasteiger partial charge in [-0.25, -0.2) is 0 Å². The van der Waals surface area contributed by atoms with Gasteiger partial charge in [0.15, 0.2) is 0 Å². The van der Waals surface area contributed by atoms with Crippen molar-refractivity contribution in [1.82, 2.24) is 5.32 Å². The van der Waals surface area contributed by atoms with E-state index < -0.39 is 5.97 Å². The molecule has 0 fully saturated rings. The minimum atomic E-state index is -0.781. The van der Waals surface area contributed by atoms with Crippen LogP contribution in [0.2, 0.25) is 0 Å². The van der Waals surface area contributed by atoms with Crippen LogP contribution in [0.25, 0.3) is 0 Å². The zero-order valence-electron chi connectivity index (χ0n) is 6.13. The molecule has 1 unspecified atom stereocenters. The molecule has 0 aromatic carbocycles. The third-order valence-electron chi connectivity index (χ3n) is 1.12. The fraction of sp³-hybridized carbons (Fsp3) is 0.833. The summed E-state index contributed by atoms with van der Waals surface area (Å²) in [5.74, 6) is -0.781. The topological polar surface area (TPSA) is 75.3 Å². The summed E-state index contributed by atoms with van der Waals surface area (Å²) in [6, 6.07) is 0.0149. The Bertz CT molecular complexity index is 106. The van der Waals surface area contributed by atoms with Crippen LogP contribution in [-0.4, -0.2) is 30.2 Å². The first kappa shape index (κ1) is 9.39. The average Bonchev–Trinajstić information content (AvgIpc) is 1.82. The van der Waals surface area contributed by atoms with Gasteiger partial charge in [0.2, 0.25) is 0 Å². The van der Waals surface area contributed by atoms with Gasteiger partial charge >= 0.3 is 5.97 Å². The third kappa shape index (κ3) is 5.53. The van der Waals surface area contributed by atoms with Crippen molar-refractivity contribution in [2.75, 3.05) is 13.1 Å². The first-order valence-electron chi connectivity index (χ1n) is 3.32. The van der Waals surface area contributed by atoms with E-state index in [1.807, 2.05) is 6.92 Å². The summed E-state index contributed by atoms with van der Waals surface area (Å²) in [6.45, 7) is 3.04. The summed E-state index contributed by atoms with van der Waals surface area (Å²) in [7, 11) is 0. The lowest BCUT2D eigenvalue weighted by atomic mass is 10.2. The maximum absolute atomic E-state index is 10.1. The molecule has 0 aromatic rings. The second kappa shape index (κ2) is 5.20. The van der Waals surface area contributed by atoms with Crippen molar-refractivity contribution in [2.45, 2.75) is 19.4 Å². The van der Waals surface area contributed by atoms with Gasteiger partial charge in [-0.15, -0.1) is 0 Å². The van der Waals surface area contributed by atoms with Gasteiger partial charge in [-0.05, 0) is 6.92 Å². The number of carboxylic acids is 1. The summed E-state index contributed by atoms with van der Waals surface area (Å²) in [6.07, 6.45) is 0.153. The summed E-state index contributed by atoms with van der Waals surface area (Å²) in [5.41, 5.74) is 5.20. The molecule has 0 saturated heterocycles. The quantitative estimate of drug-likeness (QED) is 0.484. The molecule has 0 rings (SSSR count). The molecule has 0 heterocycles. The van der Waals surface area contributed by atoms with Crippen molar-refractivity contribution in [3.8, 4) is 0 Å². The van der Waals surface area contributed by atoms with Crippen molar-refractivity contribution in [3.63, 3.8) is 0 Å². The lowest BCUT2D eigenvalue weighted by Gasteiger charge is -2.08. The highest BCUT2D eigenvalue weighted by molar-refractivity contribution is 5.67. The number of hydrogen-bond donors (Lipinski definition) is 3. The second-order valence-electron chi connectivity index (χ2n) is 2.24. The van der Waals surface area contributed by atoms with Gasteiger partial charge in [0, 0.05) is 19.1 Å². The summed E-state index contributed by atoms with van der Waals surface area (Å²) in [4.78, 5) is 10.1. The van der Waals surface area contributed by atoms with Crippen molar-refractivity contribution in [2.24, 2.45) is 5.73 Å². The van der Waals surface area contributed by atoms with Crippen LogP contribution in [-0.2, 0) is 4.79 Å². The van der Waals surface area contributed by atoms with Crippen LogP contribution in [0, 0.1) is 0 Å². The monoisotopic (exact) mass is 146 g/mol. The van der Waals surface area contributed by atoms with Crippen molar-refractivity contribution in [3.05, 3.63) is 0 Å². The minimum Gasteiger partial charge on any atom is -0.481 e. The Kier molecular flexibility index (Phi) is 4.88. The molecule has 0 aliphatic heterocycles. The van der Waals surface area contributed by atoms with Crippen LogP contribution in [0.1, 0.15) is 13.3 Å². The molecule has 60 valence electrons. The van der Waals surface area contributed by atoms with Crippen LogP contribution in [0.4, 0.5) is 0 Å². The first-order valence-corrected chi connectivity index (χ1v) is 3.32. The number of nitrogens with one attached hydrogen (secondary N) is 1. The molecule has 4 heteroatoms. The van der Waals surface area contributed by atoms with Crippen LogP contribution in [0.3, 0.4) is 0 Å². The fourth-order valence-electron chi connectivity index (χ4n) is 0.664. The molecule has 0 spiro atoms. The normalized spacial score (nSPS) is 13.0. The Morgan fingerprint density at radius 2 is 2.40 bits per heavy atom. The van der Waals surface area contributed by atoms with Crippen LogP contribution < -0.4 is 11.1 Å². The van der Waals surface area contributed by atoms with Gasteiger partial charge in [-0.2, -0.15) is 0 Å². The molecule has 0 saturated carbocycles. The minimum absolute atomic E-state index is 0.0149. The number of aliphatic carboxylic acids is 1. The predicted octanol–water partition coefficient (Wildman–Crippen LogP) is -0.602. The SMILES string of the molecule is CC(CC(=O)O)NCCN. The van der Waals surface area contributed by atoms with E-state index in [-0.39, 0.29) is 12.5 Å². The molecule has 0 aliphatic carbocycles. The number of carboxylic acid groups (broad SMARTS) is 1. The molecular weight excluding hydrogens is 132 g/mol. The number of hydrogen-bond acceptors (Lipinski definition) is 3. The van der Waals surface area contributed by atoms with E-state index in [1.165, 1.54) is 0 Å². The highest BCUT2D eigenvalue weighted by Crippen LogP contribution is 1.87. The predicted molar refractivity (Wildman–Crippen MR) is 38.8 cm³/mol. The molecule has 4 N–H and O–H groups in total. The molecule has 1 atom stereocenters.